The van der Waals surface area contributed by atoms with Gasteiger partial charge in [-0.15, -0.1) is 0 Å². The van der Waals surface area contributed by atoms with Crippen LogP contribution in [0.25, 0.3) is 0 Å². The summed E-state index contributed by atoms with van der Waals surface area (Å²) < 4.78 is 5.39. The fraction of sp³-hybridized carbons (Fsp3) is 0.440. The number of anilines is 3. The second-order valence-corrected chi connectivity index (χ2v) is 8.43. The molecule has 2 aromatic rings. The van der Waals surface area contributed by atoms with E-state index in [1.165, 1.54) is 0 Å². The molecule has 4 rings (SSSR count). The van der Waals surface area contributed by atoms with Gasteiger partial charge in [-0.1, -0.05) is 18.2 Å². The number of nitrogens with one attached hydrogen (secondary N) is 3. The molecular formula is C25H33N5O3. The van der Waals surface area contributed by atoms with Gasteiger partial charge < -0.3 is 25.6 Å². The smallest absolute Gasteiger partial charge is 0.323 e. The number of nitrogens with zero attached hydrogens (tertiary/aromatic N) is 2. The molecule has 2 fully saturated rings. The molecule has 8 nitrogen and oxygen atoms in total. The topological polar surface area (TPSA) is 85.9 Å². The van der Waals surface area contributed by atoms with E-state index in [-0.39, 0.29) is 11.9 Å². The van der Waals surface area contributed by atoms with Crippen LogP contribution in [0.2, 0.25) is 0 Å². The van der Waals surface area contributed by atoms with Gasteiger partial charge in [-0.3, -0.25) is 9.69 Å². The van der Waals surface area contributed by atoms with Crippen LogP contribution in [0.15, 0.2) is 48.5 Å². The van der Waals surface area contributed by atoms with Crippen LogP contribution < -0.4 is 20.9 Å². The maximum absolute atomic E-state index is 13.1. The maximum Gasteiger partial charge on any atom is 0.323 e. The summed E-state index contributed by atoms with van der Waals surface area (Å²) in [5, 5.41) is 8.72. The van der Waals surface area contributed by atoms with Crippen molar-refractivity contribution in [1.29, 1.82) is 0 Å². The average molecular weight is 452 g/mol. The molecule has 0 radical (unpaired) electrons. The summed E-state index contributed by atoms with van der Waals surface area (Å²) in [6, 6.07) is 14.5. The Morgan fingerprint density at radius 2 is 1.61 bits per heavy atom. The minimum atomic E-state index is -0.341. The van der Waals surface area contributed by atoms with Gasteiger partial charge in [0.1, 0.15) is 0 Å². The van der Waals surface area contributed by atoms with Gasteiger partial charge in [0.05, 0.1) is 18.8 Å². The molecule has 0 aromatic heterocycles. The average Bonchev–Trinajstić information content (AvgIpc) is 3.38. The number of amides is 3. The molecule has 0 aliphatic carbocycles. The van der Waals surface area contributed by atoms with Crippen molar-refractivity contribution >= 4 is 29.0 Å². The summed E-state index contributed by atoms with van der Waals surface area (Å²) in [6.45, 7) is 6.91. The van der Waals surface area contributed by atoms with Gasteiger partial charge in [0.15, 0.2) is 0 Å². The predicted molar refractivity (Wildman–Crippen MR) is 131 cm³/mol. The van der Waals surface area contributed by atoms with Gasteiger partial charge in [-0.05, 0) is 56.1 Å². The summed E-state index contributed by atoms with van der Waals surface area (Å²) in [6.07, 6.45) is 3.14. The zero-order valence-electron chi connectivity index (χ0n) is 19.0. The van der Waals surface area contributed by atoms with Crippen molar-refractivity contribution in [3.8, 4) is 0 Å². The van der Waals surface area contributed by atoms with E-state index in [1.54, 1.807) is 6.07 Å². The third-order valence-electron chi connectivity index (χ3n) is 6.02. The number of carbonyl (C=O) groups excluding carboxylic acids is 2. The first kappa shape index (κ1) is 23.1. The molecule has 2 heterocycles. The number of hydrogen-bond donors (Lipinski definition) is 3. The van der Waals surface area contributed by atoms with Gasteiger partial charge >= 0.3 is 6.03 Å². The van der Waals surface area contributed by atoms with Gasteiger partial charge in [-0.25, -0.2) is 4.79 Å². The summed E-state index contributed by atoms with van der Waals surface area (Å²) in [5.74, 6) is -0.106. The number of rotatable bonds is 8. The number of ether oxygens (including phenoxy) is 1. The Morgan fingerprint density at radius 1 is 0.879 bits per heavy atom. The highest BCUT2D eigenvalue weighted by Crippen LogP contribution is 2.27. The zero-order chi connectivity index (χ0) is 22.9. The summed E-state index contributed by atoms with van der Waals surface area (Å²) in [7, 11) is 0. The molecule has 0 saturated carbocycles. The van der Waals surface area contributed by atoms with Crippen molar-refractivity contribution in [2.45, 2.75) is 19.3 Å². The normalized spacial score (nSPS) is 16.4. The Bertz CT molecular complexity index is 925. The highest BCUT2D eigenvalue weighted by Gasteiger charge is 2.20. The summed E-state index contributed by atoms with van der Waals surface area (Å²) in [4.78, 5) is 30.1. The third-order valence-corrected chi connectivity index (χ3v) is 6.02. The number of para-hydroxylation sites is 1. The summed E-state index contributed by atoms with van der Waals surface area (Å²) in [5.41, 5.74) is 2.82. The fourth-order valence-electron chi connectivity index (χ4n) is 4.27. The molecule has 176 valence electrons. The quantitative estimate of drug-likeness (QED) is 0.536. The number of urea groups is 1. The first-order valence-electron chi connectivity index (χ1n) is 11.8. The highest BCUT2D eigenvalue weighted by atomic mass is 16.5. The van der Waals surface area contributed by atoms with Crippen LogP contribution in [-0.4, -0.2) is 69.3 Å². The van der Waals surface area contributed by atoms with Crippen molar-refractivity contribution in [3.05, 3.63) is 54.1 Å². The number of hydrogen-bond acceptors (Lipinski definition) is 5. The van der Waals surface area contributed by atoms with Gasteiger partial charge in [-0.2, -0.15) is 0 Å². The van der Waals surface area contributed by atoms with E-state index in [4.69, 9.17) is 4.74 Å². The Hall–Kier alpha value is -3.10. The minimum Gasteiger partial charge on any atom is -0.379 e. The van der Waals surface area contributed by atoms with Gasteiger partial charge in [0.25, 0.3) is 5.91 Å². The van der Waals surface area contributed by atoms with Gasteiger partial charge in [0.2, 0.25) is 0 Å². The van der Waals surface area contributed by atoms with Crippen LogP contribution in [0, 0.1) is 0 Å². The first-order valence-corrected chi connectivity index (χ1v) is 11.8. The van der Waals surface area contributed by atoms with E-state index < -0.39 is 0 Å². The minimum absolute atomic E-state index is 0.106. The lowest BCUT2D eigenvalue weighted by atomic mass is 10.1. The molecule has 0 atom stereocenters. The molecule has 0 bridgehead atoms. The lowest BCUT2D eigenvalue weighted by molar-refractivity contribution is 0.0374. The third kappa shape index (κ3) is 6.69. The molecule has 3 N–H and O–H groups in total. The molecule has 2 aliphatic rings. The van der Waals surface area contributed by atoms with Crippen molar-refractivity contribution in [3.63, 3.8) is 0 Å². The second kappa shape index (κ2) is 11.7. The highest BCUT2D eigenvalue weighted by molar-refractivity contribution is 6.04. The van der Waals surface area contributed by atoms with Crippen LogP contribution in [0.4, 0.5) is 21.9 Å². The van der Waals surface area contributed by atoms with Crippen LogP contribution in [0.3, 0.4) is 0 Å². The van der Waals surface area contributed by atoms with Crippen molar-refractivity contribution in [1.82, 2.24) is 10.2 Å². The van der Waals surface area contributed by atoms with E-state index in [9.17, 15) is 9.59 Å². The second-order valence-electron chi connectivity index (χ2n) is 8.43. The molecule has 0 unspecified atom stereocenters. The van der Waals surface area contributed by atoms with E-state index in [0.717, 1.165) is 70.9 Å². The Balaban J connectivity index is 1.38. The van der Waals surface area contributed by atoms with Gasteiger partial charge in [0, 0.05) is 49.8 Å². The first-order chi connectivity index (χ1) is 16.2. The molecule has 0 spiro atoms. The molecule has 2 aliphatic heterocycles. The van der Waals surface area contributed by atoms with Crippen molar-refractivity contribution in [2.24, 2.45) is 0 Å². The van der Waals surface area contributed by atoms with E-state index in [1.807, 2.05) is 42.5 Å². The monoisotopic (exact) mass is 451 g/mol. The predicted octanol–water partition coefficient (Wildman–Crippen LogP) is 3.38. The SMILES string of the molecule is O=C(Nc1ccccc1)Nc1ccc(N2CCCC2)c(C(=O)NCCCN2CCOCC2)c1. The number of benzene rings is 2. The van der Waals surface area contributed by atoms with E-state index in [0.29, 0.717) is 23.5 Å². The lowest BCUT2D eigenvalue weighted by Gasteiger charge is -2.26. The van der Waals surface area contributed by atoms with Crippen LogP contribution in [0.1, 0.15) is 29.6 Å². The van der Waals surface area contributed by atoms with Crippen LogP contribution in [-0.2, 0) is 4.74 Å². The Kier molecular flexibility index (Phi) is 8.16. The lowest BCUT2D eigenvalue weighted by Crippen LogP contribution is -2.38. The molecule has 8 heteroatoms. The fourth-order valence-corrected chi connectivity index (χ4v) is 4.27. The largest absolute Gasteiger partial charge is 0.379 e. The van der Waals surface area contributed by atoms with Crippen LogP contribution >= 0.6 is 0 Å². The molecule has 3 amide bonds. The zero-order valence-corrected chi connectivity index (χ0v) is 19.0. The standard InChI is InChI=1S/C25H33N5O3/c31-24(26-11-6-12-29-15-17-33-18-16-29)22-19-21(9-10-23(22)30-13-4-5-14-30)28-25(32)27-20-7-2-1-3-8-20/h1-3,7-10,19H,4-6,11-18H2,(H,26,31)(H2,27,28,32). The molecular weight excluding hydrogens is 418 g/mol. The summed E-state index contributed by atoms with van der Waals surface area (Å²) >= 11 is 0. The van der Waals surface area contributed by atoms with Crippen LogP contribution in [0.5, 0.6) is 0 Å². The number of morpholine rings is 1. The molecule has 2 aromatic carbocycles. The van der Waals surface area contributed by atoms with Crippen molar-refractivity contribution < 1.29 is 14.3 Å². The Labute approximate surface area is 195 Å². The number of carbonyl (C=O) groups is 2. The van der Waals surface area contributed by atoms with E-state index in [2.05, 4.69) is 25.8 Å². The maximum atomic E-state index is 13.1. The Morgan fingerprint density at radius 3 is 2.36 bits per heavy atom. The molecule has 33 heavy (non-hydrogen) atoms. The molecule has 2 saturated heterocycles. The van der Waals surface area contributed by atoms with Crippen molar-refractivity contribution in [2.75, 3.05) is 68.0 Å². The van der Waals surface area contributed by atoms with E-state index >= 15 is 0 Å².